The summed E-state index contributed by atoms with van der Waals surface area (Å²) in [6.07, 6.45) is 1.63. The third kappa shape index (κ3) is 6.00. The third-order valence-electron chi connectivity index (χ3n) is 4.85. The number of nitrogens with one attached hydrogen (secondary N) is 4. The van der Waals surface area contributed by atoms with Crippen LogP contribution in [0.15, 0.2) is 71.3 Å². The summed E-state index contributed by atoms with van der Waals surface area (Å²) in [5.74, 6) is -1.53. The molecule has 0 aliphatic carbocycles. The van der Waals surface area contributed by atoms with Crippen molar-refractivity contribution in [2.75, 3.05) is 12.4 Å². The van der Waals surface area contributed by atoms with E-state index in [1.54, 1.807) is 55.5 Å². The van der Waals surface area contributed by atoms with Gasteiger partial charge >= 0.3 is 0 Å². The van der Waals surface area contributed by atoms with E-state index in [2.05, 4.69) is 21.5 Å². The molecule has 2 aromatic carbocycles. The monoisotopic (exact) mass is 464 g/mol. The van der Waals surface area contributed by atoms with Gasteiger partial charge in [0.1, 0.15) is 11.8 Å². The van der Waals surface area contributed by atoms with Crippen molar-refractivity contribution >= 4 is 29.3 Å². The molecule has 34 heavy (non-hydrogen) atoms. The Hall–Kier alpha value is -4.60. The fourth-order valence-corrected chi connectivity index (χ4v) is 2.99. The van der Waals surface area contributed by atoms with Crippen LogP contribution in [0, 0.1) is 0 Å². The molecule has 0 aliphatic rings. The van der Waals surface area contributed by atoms with E-state index in [0.717, 1.165) is 0 Å². The SMILES string of the molecule is CC[C@@H](NC(=O)c1ccccc1NC(=O)c1ccco1)C(=O)NNC(=O)c1ccc(OC)cc1. The summed E-state index contributed by atoms with van der Waals surface area (Å²) in [7, 11) is 1.51. The maximum Gasteiger partial charge on any atom is 0.291 e. The first kappa shape index (κ1) is 24.1. The van der Waals surface area contributed by atoms with Crippen molar-refractivity contribution in [1.82, 2.24) is 16.2 Å². The standard InChI is InChI=1S/C24H24N4O6/c1-3-18(23(31)28-27-21(29)15-10-12-16(33-2)13-11-15)25-22(30)17-7-4-5-8-19(17)26-24(32)20-9-6-14-34-20/h4-14,18H,3H2,1-2H3,(H,25,30)(H,26,32)(H,27,29)(H,28,31)/t18-/m1/s1. The highest BCUT2D eigenvalue weighted by Gasteiger charge is 2.22. The minimum atomic E-state index is -0.933. The number of hydrogen-bond acceptors (Lipinski definition) is 6. The fourth-order valence-electron chi connectivity index (χ4n) is 2.99. The maximum atomic E-state index is 12.9. The largest absolute Gasteiger partial charge is 0.497 e. The highest BCUT2D eigenvalue weighted by Crippen LogP contribution is 2.17. The normalized spacial score (nSPS) is 11.1. The van der Waals surface area contributed by atoms with Gasteiger partial charge in [0.05, 0.1) is 24.6 Å². The van der Waals surface area contributed by atoms with Crippen LogP contribution in [-0.4, -0.2) is 36.8 Å². The molecule has 1 atom stereocenters. The number of para-hydroxylation sites is 1. The van der Waals surface area contributed by atoms with Crippen LogP contribution in [0.5, 0.6) is 5.75 Å². The summed E-state index contributed by atoms with van der Waals surface area (Å²) in [5.41, 5.74) is 5.37. The zero-order chi connectivity index (χ0) is 24.5. The third-order valence-corrected chi connectivity index (χ3v) is 4.85. The molecule has 1 heterocycles. The summed E-state index contributed by atoms with van der Waals surface area (Å²) in [4.78, 5) is 50.0. The van der Waals surface area contributed by atoms with E-state index in [9.17, 15) is 19.2 Å². The highest BCUT2D eigenvalue weighted by molar-refractivity contribution is 6.08. The van der Waals surface area contributed by atoms with Crippen LogP contribution in [0.2, 0.25) is 0 Å². The summed E-state index contributed by atoms with van der Waals surface area (Å²) >= 11 is 0. The fraction of sp³-hybridized carbons (Fsp3) is 0.167. The molecule has 10 heteroatoms. The molecule has 0 aliphatic heterocycles. The second kappa shape index (κ2) is 11.3. The zero-order valence-electron chi connectivity index (χ0n) is 18.6. The van der Waals surface area contributed by atoms with Gasteiger partial charge in [-0.25, -0.2) is 0 Å². The molecule has 176 valence electrons. The van der Waals surface area contributed by atoms with Crippen LogP contribution in [0.1, 0.15) is 44.6 Å². The van der Waals surface area contributed by atoms with Crippen molar-refractivity contribution in [3.8, 4) is 5.75 Å². The summed E-state index contributed by atoms with van der Waals surface area (Å²) in [5, 5.41) is 5.24. The van der Waals surface area contributed by atoms with Crippen LogP contribution in [0.3, 0.4) is 0 Å². The minimum Gasteiger partial charge on any atom is -0.497 e. The quantitative estimate of drug-likeness (QED) is 0.378. The van der Waals surface area contributed by atoms with E-state index in [1.165, 1.54) is 25.5 Å². The predicted molar refractivity (Wildman–Crippen MR) is 123 cm³/mol. The van der Waals surface area contributed by atoms with E-state index in [1.807, 2.05) is 0 Å². The van der Waals surface area contributed by atoms with Gasteiger partial charge in [-0.2, -0.15) is 0 Å². The van der Waals surface area contributed by atoms with Gasteiger partial charge in [-0.15, -0.1) is 0 Å². The molecule has 3 aromatic rings. The van der Waals surface area contributed by atoms with Gasteiger partial charge in [-0.05, 0) is 55.0 Å². The Morgan fingerprint density at radius 2 is 1.62 bits per heavy atom. The zero-order valence-corrected chi connectivity index (χ0v) is 18.6. The first-order chi connectivity index (χ1) is 16.4. The molecular formula is C24H24N4O6. The number of furan rings is 1. The first-order valence-electron chi connectivity index (χ1n) is 10.4. The van der Waals surface area contributed by atoms with Crippen LogP contribution in [0.4, 0.5) is 5.69 Å². The number of hydrazine groups is 1. The molecule has 10 nitrogen and oxygen atoms in total. The van der Waals surface area contributed by atoms with Crippen molar-refractivity contribution in [1.29, 1.82) is 0 Å². The molecule has 0 saturated heterocycles. The molecule has 0 unspecified atom stereocenters. The average Bonchev–Trinajstić information content (AvgIpc) is 3.41. The van der Waals surface area contributed by atoms with E-state index < -0.39 is 29.7 Å². The van der Waals surface area contributed by atoms with Gasteiger partial charge < -0.3 is 19.8 Å². The Kier molecular flexibility index (Phi) is 8.01. The van der Waals surface area contributed by atoms with Crippen molar-refractivity contribution in [2.24, 2.45) is 0 Å². The molecule has 0 fully saturated rings. The van der Waals surface area contributed by atoms with Gasteiger partial charge in [0, 0.05) is 5.56 Å². The summed E-state index contributed by atoms with van der Waals surface area (Å²) in [6.45, 7) is 1.71. The van der Waals surface area contributed by atoms with Crippen molar-refractivity contribution < 1.29 is 28.3 Å². The minimum absolute atomic E-state index is 0.0913. The molecule has 4 N–H and O–H groups in total. The van der Waals surface area contributed by atoms with Crippen LogP contribution < -0.4 is 26.2 Å². The van der Waals surface area contributed by atoms with Gasteiger partial charge in [0.25, 0.3) is 23.6 Å². The average molecular weight is 464 g/mol. The Morgan fingerprint density at radius 1 is 0.882 bits per heavy atom. The Morgan fingerprint density at radius 3 is 2.26 bits per heavy atom. The molecule has 4 amide bonds. The Bertz CT molecular complexity index is 1160. The number of methoxy groups -OCH3 is 1. The van der Waals surface area contributed by atoms with Crippen molar-refractivity contribution in [3.63, 3.8) is 0 Å². The lowest BCUT2D eigenvalue weighted by molar-refractivity contribution is -0.123. The molecule has 0 radical (unpaired) electrons. The lowest BCUT2D eigenvalue weighted by Gasteiger charge is -2.18. The molecule has 0 spiro atoms. The topological polar surface area (TPSA) is 139 Å². The van der Waals surface area contributed by atoms with E-state index in [4.69, 9.17) is 9.15 Å². The van der Waals surface area contributed by atoms with E-state index in [-0.39, 0.29) is 23.4 Å². The smallest absolute Gasteiger partial charge is 0.291 e. The molecule has 0 saturated carbocycles. The highest BCUT2D eigenvalue weighted by atomic mass is 16.5. The Balaban J connectivity index is 1.61. The first-order valence-corrected chi connectivity index (χ1v) is 10.4. The van der Waals surface area contributed by atoms with Crippen LogP contribution in [0.25, 0.3) is 0 Å². The molecule has 3 rings (SSSR count). The van der Waals surface area contributed by atoms with Gasteiger partial charge in [-0.3, -0.25) is 30.0 Å². The van der Waals surface area contributed by atoms with Gasteiger partial charge in [-0.1, -0.05) is 19.1 Å². The predicted octanol–water partition coefficient (Wildman–Crippen LogP) is 2.51. The number of anilines is 1. The number of ether oxygens (including phenoxy) is 1. The number of benzene rings is 2. The Labute approximate surface area is 195 Å². The molecular weight excluding hydrogens is 440 g/mol. The number of carbonyl (C=O) groups excluding carboxylic acids is 4. The lowest BCUT2D eigenvalue weighted by atomic mass is 10.1. The van der Waals surface area contributed by atoms with Gasteiger partial charge in [0.2, 0.25) is 0 Å². The number of carbonyl (C=O) groups is 4. The van der Waals surface area contributed by atoms with Crippen molar-refractivity contribution in [2.45, 2.75) is 19.4 Å². The van der Waals surface area contributed by atoms with Crippen molar-refractivity contribution in [3.05, 3.63) is 83.8 Å². The summed E-state index contributed by atoms with van der Waals surface area (Å²) < 4.78 is 10.1. The van der Waals surface area contributed by atoms with Gasteiger partial charge in [0.15, 0.2) is 5.76 Å². The molecule has 1 aromatic heterocycles. The van der Waals surface area contributed by atoms with Crippen LogP contribution in [-0.2, 0) is 4.79 Å². The number of rotatable bonds is 8. The second-order valence-electron chi connectivity index (χ2n) is 7.08. The summed E-state index contributed by atoms with van der Waals surface area (Å²) in [6, 6.07) is 14.8. The van der Waals surface area contributed by atoms with Crippen LogP contribution >= 0.6 is 0 Å². The number of amides is 4. The number of hydrogen-bond donors (Lipinski definition) is 4. The maximum absolute atomic E-state index is 12.9. The van der Waals surface area contributed by atoms with E-state index in [0.29, 0.717) is 11.3 Å². The van der Waals surface area contributed by atoms with E-state index >= 15 is 0 Å². The second-order valence-corrected chi connectivity index (χ2v) is 7.08. The molecule has 0 bridgehead atoms. The lowest BCUT2D eigenvalue weighted by Crippen LogP contribution is -2.52.